The number of carbonyl (C=O) groups excluding carboxylic acids is 1. The van der Waals surface area contributed by atoms with Gasteiger partial charge >= 0.3 is 0 Å². The van der Waals surface area contributed by atoms with Gasteiger partial charge in [0, 0.05) is 42.6 Å². The van der Waals surface area contributed by atoms with Crippen LogP contribution in [0.3, 0.4) is 0 Å². The summed E-state index contributed by atoms with van der Waals surface area (Å²) in [5.74, 6) is -0.486. The number of halogens is 2. The molecule has 0 saturated carbocycles. The van der Waals surface area contributed by atoms with Gasteiger partial charge < -0.3 is 15.3 Å². The predicted molar refractivity (Wildman–Crippen MR) is 134 cm³/mol. The van der Waals surface area contributed by atoms with Gasteiger partial charge in [-0.2, -0.15) is 0 Å². The maximum Gasteiger partial charge on any atom is 0.255 e. The van der Waals surface area contributed by atoms with E-state index >= 15 is 0 Å². The molecule has 1 amide bonds. The van der Waals surface area contributed by atoms with Crippen LogP contribution >= 0.6 is 23.2 Å². The van der Waals surface area contributed by atoms with Crippen molar-refractivity contribution in [2.24, 2.45) is 0 Å². The summed E-state index contributed by atoms with van der Waals surface area (Å²) in [6, 6.07) is 13.4. The molecule has 2 N–H and O–H groups in total. The van der Waals surface area contributed by atoms with E-state index in [0.29, 0.717) is 28.7 Å². The van der Waals surface area contributed by atoms with E-state index in [-0.39, 0.29) is 17.2 Å². The minimum Gasteiger partial charge on any atom is -0.505 e. The Hall–Kier alpha value is -3.28. The van der Waals surface area contributed by atoms with E-state index in [2.05, 4.69) is 16.9 Å². The summed E-state index contributed by atoms with van der Waals surface area (Å²) in [5.41, 5.74) is 3.29. The highest BCUT2D eigenvalue weighted by atomic mass is 35.5. The van der Waals surface area contributed by atoms with Crippen LogP contribution in [0, 0.1) is 0 Å². The number of benzene rings is 2. The SMILES string of the molecule is C=C1C(O)=C(C(=O)NCCCc2ccc(Cl)c(Cl)c2)C=C(c2cccc3cnccc23)N1C. The Bertz CT molecular complexity index is 1310. The first-order valence-corrected chi connectivity index (χ1v) is 11.3. The van der Waals surface area contributed by atoms with Crippen molar-refractivity contribution in [1.82, 2.24) is 15.2 Å². The highest BCUT2D eigenvalue weighted by Gasteiger charge is 2.26. The Balaban J connectivity index is 1.52. The van der Waals surface area contributed by atoms with Crippen molar-refractivity contribution in [3.63, 3.8) is 0 Å². The zero-order valence-corrected chi connectivity index (χ0v) is 19.6. The van der Waals surface area contributed by atoms with Crippen molar-refractivity contribution in [3.8, 4) is 0 Å². The molecule has 7 heteroatoms. The van der Waals surface area contributed by atoms with E-state index < -0.39 is 0 Å². The van der Waals surface area contributed by atoms with E-state index in [0.717, 1.165) is 34.0 Å². The monoisotopic (exact) mass is 479 g/mol. The smallest absolute Gasteiger partial charge is 0.255 e. The number of aliphatic hydroxyl groups excluding tert-OH is 1. The topological polar surface area (TPSA) is 65.5 Å². The van der Waals surface area contributed by atoms with Crippen molar-refractivity contribution in [2.45, 2.75) is 12.8 Å². The Kier molecular flexibility index (Phi) is 6.72. The quantitative estimate of drug-likeness (QED) is 0.431. The fourth-order valence-electron chi connectivity index (χ4n) is 3.82. The molecule has 3 aromatic rings. The molecule has 0 aliphatic carbocycles. The van der Waals surface area contributed by atoms with Gasteiger partial charge in [0.1, 0.15) is 0 Å². The van der Waals surface area contributed by atoms with Gasteiger partial charge in [-0.05, 0) is 48.1 Å². The number of fused-ring (bicyclic) bond motifs is 1. The summed E-state index contributed by atoms with van der Waals surface area (Å²) >= 11 is 12.0. The molecule has 4 rings (SSSR count). The van der Waals surface area contributed by atoms with E-state index in [1.807, 2.05) is 43.4 Å². The summed E-state index contributed by atoms with van der Waals surface area (Å²) in [7, 11) is 1.82. The normalized spacial score (nSPS) is 14.0. The fourth-order valence-corrected chi connectivity index (χ4v) is 4.14. The van der Waals surface area contributed by atoms with Gasteiger partial charge in [-0.1, -0.05) is 54.0 Å². The number of nitrogens with one attached hydrogen (secondary N) is 1. The van der Waals surface area contributed by atoms with Crippen molar-refractivity contribution < 1.29 is 9.90 Å². The number of amides is 1. The molecule has 0 radical (unpaired) electrons. The molecule has 0 saturated heterocycles. The van der Waals surface area contributed by atoms with Gasteiger partial charge in [0.2, 0.25) is 0 Å². The highest BCUT2D eigenvalue weighted by molar-refractivity contribution is 6.42. The Morgan fingerprint density at radius 2 is 2.00 bits per heavy atom. The molecule has 0 unspecified atom stereocenters. The van der Waals surface area contributed by atoms with Crippen LogP contribution in [0.1, 0.15) is 17.5 Å². The van der Waals surface area contributed by atoms with Gasteiger partial charge in [0.15, 0.2) is 5.76 Å². The third kappa shape index (κ3) is 4.75. The second-order valence-electron chi connectivity index (χ2n) is 7.81. The standard InChI is InChI=1S/C26H23Cl2N3O2/c1-16-25(32)21(26(33)30-11-4-5-17-8-9-22(27)23(28)13-17)14-24(31(16)2)20-7-3-6-18-15-29-12-10-19(18)20/h3,6-10,12-15,32H,1,4-5,11H2,2H3,(H,30,33). The first-order valence-electron chi connectivity index (χ1n) is 10.5. The Morgan fingerprint density at radius 3 is 2.79 bits per heavy atom. The lowest BCUT2D eigenvalue weighted by molar-refractivity contribution is -0.117. The van der Waals surface area contributed by atoms with E-state index in [4.69, 9.17) is 23.2 Å². The zero-order valence-electron chi connectivity index (χ0n) is 18.1. The van der Waals surface area contributed by atoms with Gasteiger partial charge in [-0.3, -0.25) is 9.78 Å². The summed E-state index contributed by atoms with van der Waals surface area (Å²) in [6.07, 6.45) is 6.69. The largest absolute Gasteiger partial charge is 0.505 e. The summed E-state index contributed by atoms with van der Waals surface area (Å²) in [5, 5.41) is 16.6. The van der Waals surface area contributed by atoms with E-state index in [9.17, 15) is 9.90 Å². The van der Waals surface area contributed by atoms with Crippen LogP contribution in [-0.4, -0.2) is 34.5 Å². The van der Waals surface area contributed by atoms with Gasteiger partial charge in [0.05, 0.1) is 21.3 Å². The van der Waals surface area contributed by atoms with Crippen LogP contribution in [0.5, 0.6) is 0 Å². The van der Waals surface area contributed by atoms with Crippen molar-refractivity contribution in [3.05, 3.63) is 106 Å². The number of nitrogens with zero attached hydrogens (tertiary/aromatic N) is 2. The molecule has 0 fully saturated rings. The molecule has 1 aromatic heterocycles. The Labute approximate surface area is 202 Å². The molecular weight excluding hydrogens is 457 g/mol. The van der Waals surface area contributed by atoms with Crippen LogP contribution in [0.2, 0.25) is 10.0 Å². The zero-order chi connectivity index (χ0) is 23.5. The lowest BCUT2D eigenvalue weighted by atomic mass is 9.97. The Morgan fingerprint density at radius 1 is 1.18 bits per heavy atom. The molecule has 0 spiro atoms. The average Bonchev–Trinajstić information content (AvgIpc) is 2.82. The maximum atomic E-state index is 12.9. The minimum atomic E-state index is -0.352. The van der Waals surface area contributed by atoms with Crippen LogP contribution in [0.4, 0.5) is 0 Å². The predicted octanol–water partition coefficient (Wildman–Crippen LogP) is 5.90. The first-order chi connectivity index (χ1) is 15.9. The van der Waals surface area contributed by atoms with Crippen molar-refractivity contribution in [2.75, 3.05) is 13.6 Å². The molecule has 0 atom stereocenters. The van der Waals surface area contributed by atoms with E-state index in [1.165, 1.54) is 0 Å². The molecule has 1 aliphatic heterocycles. The molecule has 168 valence electrons. The lowest BCUT2D eigenvalue weighted by Gasteiger charge is -2.30. The van der Waals surface area contributed by atoms with Crippen molar-refractivity contribution in [1.29, 1.82) is 0 Å². The molecule has 0 bridgehead atoms. The highest BCUT2D eigenvalue weighted by Crippen LogP contribution is 2.35. The number of hydrogen-bond acceptors (Lipinski definition) is 4. The maximum absolute atomic E-state index is 12.9. The van der Waals surface area contributed by atoms with Gasteiger partial charge in [0.25, 0.3) is 5.91 Å². The van der Waals surface area contributed by atoms with Gasteiger partial charge in [-0.25, -0.2) is 0 Å². The number of pyridine rings is 1. The van der Waals surface area contributed by atoms with Crippen molar-refractivity contribution >= 4 is 45.6 Å². The number of rotatable bonds is 6. The number of aryl methyl sites for hydroxylation is 1. The second kappa shape index (κ2) is 9.69. The molecule has 33 heavy (non-hydrogen) atoms. The number of aliphatic hydroxyl groups is 1. The molecular formula is C26H23Cl2N3O2. The summed E-state index contributed by atoms with van der Waals surface area (Å²) in [4.78, 5) is 18.9. The van der Waals surface area contributed by atoms with Crippen LogP contribution < -0.4 is 5.32 Å². The van der Waals surface area contributed by atoms with Crippen LogP contribution in [0.15, 0.2) is 84.5 Å². The third-order valence-electron chi connectivity index (χ3n) is 5.69. The minimum absolute atomic E-state index is 0.134. The van der Waals surface area contributed by atoms with Crippen LogP contribution in [0.25, 0.3) is 16.5 Å². The summed E-state index contributed by atoms with van der Waals surface area (Å²) in [6.45, 7) is 4.42. The molecule has 1 aliphatic rings. The summed E-state index contributed by atoms with van der Waals surface area (Å²) < 4.78 is 0. The number of carbonyl (C=O) groups is 1. The fraction of sp³-hybridized carbons (Fsp3) is 0.154. The van der Waals surface area contributed by atoms with E-state index in [1.54, 1.807) is 29.4 Å². The second-order valence-corrected chi connectivity index (χ2v) is 8.62. The molecule has 2 heterocycles. The first kappa shape index (κ1) is 22.9. The number of likely N-dealkylation sites (N-methyl/N-ethyl adjacent to an activating group) is 1. The number of aromatic nitrogens is 1. The molecule has 5 nitrogen and oxygen atoms in total. The third-order valence-corrected chi connectivity index (χ3v) is 6.43. The number of hydrogen-bond donors (Lipinski definition) is 2. The average molecular weight is 480 g/mol. The lowest BCUT2D eigenvalue weighted by Crippen LogP contribution is -2.30. The van der Waals surface area contributed by atoms with Crippen LogP contribution in [-0.2, 0) is 11.2 Å². The molecule has 2 aromatic carbocycles. The van der Waals surface area contributed by atoms with Gasteiger partial charge in [-0.15, -0.1) is 0 Å².